The van der Waals surface area contributed by atoms with E-state index in [1.54, 1.807) is 19.3 Å². The third kappa shape index (κ3) is 4.14. The molecule has 1 fully saturated rings. The van der Waals surface area contributed by atoms with Gasteiger partial charge in [-0.2, -0.15) is 0 Å². The van der Waals surface area contributed by atoms with Gasteiger partial charge in [0.1, 0.15) is 11.9 Å². The first kappa shape index (κ1) is 17.4. The van der Waals surface area contributed by atoms with Crippen LogP contribution >= 0.6 is 0 Å². The molecule has 3 rings (SSSR count). The van der Waals surface area contributed by atoms with Crippen molar-refractivity contribution >= 4 is 5.96 Å². The Morgan fingerprint density at radius 2 is 2.20 bits per heavy atom. The molecule has 1 N–H and O–H groups in total. The van der Waals surface area contributed by atoms with Crippen molar-refractivity contribution in [1.29, 1.82) is 0 Å². The largest absolute Gasteiger partial charge is 0.370 e. The van der Waals surface area contributed by atoms with E-state index >= 15 is 0 Å². The average Bonchev–Trinajstić information content (AvgIpc) is 2.64. The summed E-state index contributed by atoms with van der Waals surface area (Å²) in [5, 5.41) is 3.20. The number of aryl methyl sites for hydroxylation is 1. The van der Waals surface area contributed by atoms with Crippen molar-refractivity contribution in [2.24, 2.45) is 4.99 Å². The highest BCUT2D eigenvalue weighted by atomic mass is 19.1. The predicted molar refractivity (Wildman–Crippen MR) is 95.8 cm³/mol. The lowest BCUT2D eigenvalue weighted by atomic mass is 10.0. The summed E-state index contributed by atoms with van der Waals surface area (Å²) in [5.41, 5.74) is 2.79. The number of morpholine rings is 1. The van der Waals surface area contributed by atoms with Crippen LogP contribution in [-0.4, -0.2) is 42.6 Å². The number of halogens is 1. The molecular weight excluding hydrogens is 319 g/mol. The molecule has 2 heterocycles. The number of hydrogen-bond acceptors (Lipinski definition) is 3. The van der Waals surface area contributed by atoms with Gasteiger partial charge < -0.3 is 15.0 Å². The number of nitrogens with one attached hydrogen (secondary N) is 1. The Morgan fingerprint density at radius 3 is 2.96 bits per heavy atom. The van der Waals surface area contributed by atoms with Crippen LogP contribution in [0.2, 0.25) is 0 Å². The van der Waals surface area contributed by atoms with Crippen LogP contribution in [0.15, 0.2) is 47.6 Å². The SMILES string of the molecule is CN=C(NCc1ncccc1F)N1CCOC(c2ccccc2C)C1. The molecule has 0 bridgehead atoms. The molecule has 1 aliphatic heterocycles. The average molecular weight is 342 g/mol. The molecule has 132 valence electrons. The van der Waals surface area contributed by atoms with Gasteiger partial charge in [-0.1, -0.05) is 24.3 Å². The van der Waals surface area contributed by atoms with Crippen LogP contribution in [-0.2, 0) is 11.3 Å². The third-order valence-electron chi connectivity index (χ3n) is 4.36. The Bertz CT molecular complexity index is 750. The minimum absolute atomic E-state index is 0.0000800. The van der Waals surface area contributed by atoms with E-state index in [9.17, 15) is 4.39 Å². The fraction of sp³-hybridized carbons (Fsp3) is 0.368. The van der Waals surface area contributed by atoms with Crippen LogP contribution in [0.25, 0.3) is 0 Å². The topological polar surface area (TPSA) is 49.8 Å². The Balaban J connectivity index is 1.67. The summed E-state index contributed by atoms with van der Waals surface area (Å²) in [5.74, 6) is 0.414. The molecule has 1 atom stereocenters. The van der Waals surface area contributed by atoms with E-state index in [4.69, 9.17) is 4.74 Å². The van der Waals surface area contributed by atoms with Crippen molar-refractivity contribution in [3.63, 3.8) is 0 Å². The Kier molecular flexibility index (Phi) is 5.60. The normalized spacial score (nSPS) is 18.3. The van der Waals surface area contributed by atoms with Crippen molar-refractivity contribution in [3.8, 4) is 0 Å². The predicted octanol–water partition coefficient (Wildman–Crippen LogP) is 2.68. The molecule has 0 spiro atoms. The maximum Gasteiger partial charge on any atom is 0.194 e. The maximum absolute atomic E-state index is 13.7. The number of guanidine groups is 1. The van der Waals surface area contributed by atoms with E-state index in [-0.39, 0.29) is 11.9 Å². The van der Waals surface area contributed by atoms with Gasteiger partial charge in [0.2, 0.25) is 0 Å². The van der Waals surface area contributed by atoms with E-state index in [2.05, 4.69) is 39.2 Å². The smallest absolute Gasteiger partial charge is 0.194 e. The van der Waals surface area contributed by atoms with Gasteiger partial charge in [0.25, 0.3) is 0 Å². The lowest BCUT2D eigenvalue weighted by Gasteiger charge is -2.35. The maximum atomic E-state index is 13.7. The van der Waals surface area contributed by atoms with Gasteiger partial charge >= 0.3 is 0 Å². The van der Waals surface area contributed by atoms with Gasteiger partial charge in [0, 0.05) is 19.8 Å². The second-order valence-corrected chi connectivity index (χ2v) is 5.99. The highest BCUT2D eigenvalue weighted by molar-refractivity contribution is 5.80. The van der Waals surface area contributed by atoms with Crippen LogP contribution in [0, 0.1) is 12.7 Å². The number of pyridine rings is 1. The first-order valence-electron chi connectivity index (χ1n) is 8.41. The van der Waals surface area contributed by atoms with E-state index in [1.165, 1.54) is 17.2 Å². The van der Waals surface area contributed by atoms with Gasteiger partial charge in [0.05, 0.1) is 25.4 Å². The summed E-state index contributed by atoms with van der Waals surface area (Å²) >= 11 is 0. The minimum atomic E-state index is -0.315. The second kappa shape index (κ2) is 8.07. The molecule has 0 aliphatic carbocycles. The van der Waals surface area contributed by atoms with Crippen molar-refractivity contribution in [2.75, 3.05) is 26.7 Å². The number of aliphatic imine (C=N–C) groups is 1. The number of nitrogens with zero attached hydrogens (tertiary/aromatic N) is 3. The molecular formula is C19H23FN4O. The highest BCUT2D eigenvalue weighted by Gasteiger charge is 2.25. The molecule has 1 aromatic heterocycles. The quantitative estimate of drug-likeness (QED) is 0.688. The number of ether oxygens (including phenoxy) is 1. The summed E-state index contributed by atoms with van der Waals surface area (Å²) in [7, 11) is 1.73. The second-order valence-electron chi connectivity index (χ2n) is 5.99. The van der Waals surface area contributed by atoms with E-state index in [0.29, 0.717) is 25.4 Å². The summed E-state index contributed by atoms with van der Waals surface area (Å²) in [6.07, 6.45) is 1.59. The molecule has 1 aromatic carbocycles. The molecule has 1 saturated heterocycles. The Hall–Kier alpha value is -2.47. The van der Waals surface area contributed by atoms with Gasteiger partial charge in [-0.25, -0.2) is 4.39 Å². The lowest BCUT2D eigenvalue weighted by molar-refractivity contribution is -0.00834. The molecule has 2 aromatic rings. The van der Waals surface area contributed by atoms with Crippen LogP contribution in [0.1, 0.15) is 22.9 Å². The van der Waals surface area contributed by atoms with Gasteiger partial charge in [0.15, 0.2) is 5.96 Å². The number of benzene rings is 1. The zero-order valence-corrected chi connectivity index (χ0v) is 14.6. The summed E-state index contributed by atoms with van der Waals surface area (Å²) in [4.78, 5) is 10.5. The fourth-order valence-corrected chi connectivity index (χ4v) is 3.02. The molecule has 0 radical (unpaired) electrons. The first-order chi connectivity index (χ1) is 12.2. The van der Waals surface area contributed by atoms with Gasteiger partial charge in [-0.15, -0.1) is 0 Å². The van der Waals surface area contributed by atoms with Crippen LogP contribution in [0.4, 0.5) is 4.39 Å². The van der Waals surface area contributed by atoms with Crippen molar-refractivity contribution in [1.82, 2.24) is 15.2 Å². The fourth-order valence-electron chi connectivity index (χ4n) is 3.02. The monoisotopic (exact) mass is 342 g/mol. The standard InChI is InChI=1S/C19H23FN4O/c1-14-6-3-4-7-15(14)18-13-24(10-11-25-18)19(21-2)23-12-17-16(20)8-5-9-22-17/h3-9,18H,10-13H2,1-2H3,(H,21,23). The zero-order chi connectivity index (χ0) is 17.6. The lowest BCUT2D eigenvalue weighted by Crippen LogP contribution is -2.48. The minimum Gasteiger partial charge on any atom is -0.370 e. The van der Waals surface area contributed by atoms with Crippen molar-refractivity contribution in [2.45, 2.75) is 19.6 Å². The van der Waals surface area contributed by atoms with E-state index in [0.717, 1.165) is 12.5 Å². The van der Waals surface area contributed by atoms with Crippen LogP contribution < -0.4 is 5.32 Å². The zero-order valence-electron chi connectivity index (χ0n) is 14.6. The Morgan fingerprint density at radius 1 is 1.36 bits per heavy atom. The van der Waals surface area contributed by atoms with Crippen LogP contribution in [0.5, 0.6) is 0 Å². The molecule has 6 heteroatoms. The highest BCUT2D eigenvalue weighted by Crippen LogP contribution is 2.25. The molecule has 25 heavy (non-hydrogen) atoms. The molecule has 1 aliphatic rings. The van der Waals surface area contributed by atoms with Crippen LogP contribution in [0.3, 0.4) is 0 Å². The molecule has 0 saturated carbocycles. The summed E-state index contributed by atoms with van der Waals surface area (Å²) < 4.78 is 19.7. The molecule has 1 unspecified atom stereocenters. The first-order valence-corrected chi connectivity index (χ1v) is 8.41. The molecule has 0 amide bonds. The summed E-state index contributed by atoms with van der Waals surface area (Å²) in [6, 6.07) is 11.2. The van der Waals surface area contributed by atoms with Crippen molar-refractivity contribution in [3.05, 3.63) is 65.2 Å². The van der Waals surface area contributed by atoms with Gasteiger partial charge in [-0.3, -0.25) is 9.98 Å². The number of rotatable bonds is 3. The number of aromatic nitrogens is 1. The summed E-state index contributed by atoms with van der Waals surface area (Å²) in [6.45, 7) is 4.46. The van der Waals surface area contributed by atoms with Gasteiger partial charge in [-0.05, 0) is 30.2 Å². The molecule has 5 nitrogen and oxygen atoms in total. The van der Waals surface area contributed by atoms with E-state index in [1.807, 2.05) is 12.1 Å². The Labute approximate surface area is 147 Å². The third-order valence-corrected chi connectivity index (χ3v) is 4.36. The van der Waals surface area contributed by atoms with Crippen molar-refractivity contribution < 1.29 is 9.13 Å². The van der Waals surface area contributed by atoms with E-state index < -0.39 is 0 Å². The number of hydrogen-bond donors (Lipinski definition) is 1.